The molecule has 0 aliphatic rings. The number of methoxy groups -OCH3 is 1. The Morgan fingerprint density at radius 1 is 1.27 bits per heavy atom. The van der Waals surface area contributed by atoms with Crippen molar-refractivity contribution in [2.45, 2.75) is 20.4 Å². The third-order valence-electron chi connectivity index (χ3n) is 3.96. The lowest BCUT2D eigenvalue weighted by atomic mass is 10.1. The Balaban J connectivity index is 1.97. The number of hydrogen-bond donors (Lipinski definition) is 1. The van der Waals surface area contributed by atoms with E-state index in [4.69, 9.17) is 21.6 Å². The van der Waals surface area contributed by atoms with Crippen molar-refractivity contribution in [1.82, 2.24) is 4.90 Å². The molecule has 0 radical (unpaired) electrons. The van der Waals surface area contributed by atoms with Crippen molar-refractivity contribution in [1.29, 1.82) is 5.26 Å². The Morgan fingerprint density at radius 2 is 1.92 bits per heavy atom. The summed E-state index contributed by atoms with van der Waals surface area (Å²) in [4.78, 5) is 14.2. The van der Waals surface area contributed by atoms with E-state index in [1.165, 1.54) is 0 Å². The maximum Gasteiger partial charge on any atom is 0.238 e. The highest BCUT2D eigenvalue weighted by Gasteiger charge is 2.11. The number of ether oxygens (including phenoxy) is 1. The molecule has 0 saturated carbocycles. The van der Waals surface area contributed by atoms with Gasteiger partial charge in [-0.25, -0.2) is 0 Å². The average Bonchev–Trinajstić information content (AvgIpc) is 2.54. The van der Waals surface area contributed by atoms with Gasteiger partial charge in [0.05, 0.1) is 24.2 Å². The number of nitrogens with zero attached hydrogens (tertiary/aromatic N) is 2. The van der Waals surface area contributed by atoms with Gasteiger partial charge in [-0.1, -0.05) is 23.7 Å². The second-order valence-electron chi connectivity index (χ2n) is 6.29. The van der Waals surface area contributed by atoms with E-state index in [1.54, 1.807) is 25.3 Å². The van der Waals surface area contributed by atoms with Crippen molar-refractivity contribution in [3.05, 3.63) is 57.6 Å². The standard InChI is InChI=1S/C20H22ClN3O2/c1-13-7-15(8-14(2)20(13)26-4)11-24(3)12-19(25)23-17-6-5-16(10-22)18(21)9-17/h5-9H,11-12H2,1-4H3,(H,23,25). The molecule has 0 atom stereocenters. The molecule has 0 aliphatic carbocycles. The molecule has 0 fully saturated rings. The van der Waals surface area contributed by atoms with Gasteiger partial charge in [0.25, 0.3) is 0 Å². The number of halogens is 1. The van der Waals surface area contributed by atoms with Gasteiger partial charge in [-0.05, 0) is 55.8 Å². The van der Waals surface area contributed by atoms with Crippen LogP contribution < -0.4 is 10.1 Å². The minimum atomic E-state index is -0.143. The molecular formula is C20H22ClN3O2. The van der Waals surface area contributed by atoms with Crippen molar-refractivity contribution in [2.24, 2.45) is 0 Å². The van der Waals surface area contributed by atoms with E-state index in [2.05, 4.69) is 17.4 Å². The first-order chi connectivity index (χ1) is 12.3. The van der Waals surface area contributed by atoms with Crippen LogP contribution in [0.1, 0.15) is 22.3 Å². The van der Waals surface area contributed by atoms with Crippen LogP contribution in [-0.4, -0.2) is 31.5 Å². The van der Waals surface area contributed by atoms with Crippen LogP contribution in [0.5, 0.6) is 5.75 Å². The van der Waals surface area contributed by atoms with Crippen molar-refractivity contribution < 1.29 is 9.53 Å². The van der Waals surface area contributed by atoms with Crippen molar-refractivity contribution >= 4 is 23.2 Å². The molecule has 2 aromatic carbocycles. The smallest absolute Gasteiger partial charge is 0.238 e. The van der Waals surface area contributed by atoms with Gasteiger partial charge in [-0.15, -0.1) is 0 Å². The van der Waals surface area contributed by atoms with Gasteiger partial charge in [0.15, 0.2) is 0 Å². The topological polar surface area (TPSA) is 65.4 Å². The van der Waals surface area contributed by atoms with Crippen LogP contribution in [0, 0.1) is 25.2 Å². The highest BCUT2D eigenvalue weighted by Crippen LogP contribution is 2.25. The quantitative estimate of drug-likeness (QED) is 0.836. The molecule has 0 bridgehead atoms. The summed E-state index contributed by atoms with van der Waals surface area (Å²) in [6, 6.07) is 11.0. The van der Waals surface area contributed by atoms with Crippen molar-refractivity contribution in [3.8, 4) is 11.8 Å². The Hall–Kier alpha value is -2.55. The maximum atomic E-state index is 12.2. The number of anilines is 1. The summed E-state index contributed by atoms with van der Waals surface area (Å²) in [6.07, 6.45) is 0. The van der Waals surface area contributed by atoms with Crippen LogP contribution in [0.4, 0.5) is 5.69 Å². The van der Waals surface area contributed by atoms with Crippen LogP contribution in [0.25, 0.3) is 0 Å². The maximum absolute atomic E-state index is 12.2. The number of aryl methyl sites for hydroxylation is 2. The molecule has 0 aliphatic heterocycles. The number of rotatable bonds is 6. The molecule has 0 aromatic heterocycles. The number of benzene rings is 2. The van der Waals surface area contributed by atoms with Crippen molar-refractivity contribution in [2.75, 3.05) is 26.0 Å². The van der Waals surface area contributed by atoms with Crippen LogP contribution in [-0.2, 0) is 11.3 Å². The van der Waals surface area contributed by atoms with Gasteiger partial charge in [-0.3, -0.25) is 9.69 Å². The summed E-state index contributed by atoms with van der Waals surface area (Å²) in [7, 11) is 3.56. The fourth-order valence-corrected chi connectivity index (χ4v) is 3.17. The molecular weight excluding hydrogens is 350 g/mol. The SMILES string of the molecule is COc1c(C)cc(CN(C)CC(=O)Nc2ccc(C#N)c(Cl)c2)cc1C. The lowest BCUT2D eigenvalue weighted by Gasteiger charge is -2.18. The highest BCUT2D eigenvalue weighted by molar-refractivity contribution is 6.32. The van der Waals surface area contributed by atoms with Crippen LogP contribution in [0.2, 0.25) is 5.02 Å². The molecule has 136 valence electrons. The Bertz CT molecular complexity index is 836. The monoisotopic (exact) mass is 371 g/mol. The third-order valence-corrected chi connectivity index (χ3v) is 4.28. The Labute approximate surface area is 159 Å². The molecule has 2 aromatic rings. The Kier molecular flexibility index (Phi) is 6.62. The van der Waals surface area contributed by atoms with E-state index in [1.807, 2.05) is 31.9 Å². The first-order valence-electron chi connectivity index (χ1n) is 8.16. The molecule has 0 saturated heterocycles. The number of likely N-dealkylation sites (N-methyl/N-ethyl adjacent to an activating group) is 1. The number of carbonyl (C=O) groups is 1. The predicted octanol–water partition coefficient (Wildman–Crippen LogP) is 3.91. The van der Waals surface area contributed by atoms with E-state index >= 15 is 0 Å². The average molecular weight is 372 g/mol. The van der Waals surface area contributed by atoms with Gasteiger partial charge in [0, 0.05) is 12.2 Å². The minimum absolute atomic E-state index is 0.143. The zero-order chi connectivity index (χ0) is 19.3. The van der Waals surface area contributed by atoms with Gasteiger partial charge >= 0.3 is 0 Å². The second kappa shape index (κ2) is 8.70. The minimum Gasteiger partial charge on any atom is -0.496 e. The van der Waals surface area contributed by atoms with E-state index in [0.29, 0.717) is 22.8 Å². The zero-order valence-electron chi connectivity index (χ0n) is 15.4. The largest absolute Gasteiger partial charge is 0.496 e. The molecule has 0 spiro atoms. The molecule has 1 amide bonds. The van der Waals surface area contributed by atoms with E-state index in [-0.39, 0.29) is 12.5 Å². The van der Waals surface area contributed by atoms with Crippen LogP contribution in [0.3, 0.4) is 0 Å². The lowest BCUT2D eigenvalue weighted by Crippen LogP contribution is -2.29. The predicted molar refractivity (Wildman–Crippen MR) is 104 cm³/mol. The molecule has 26 heavy (non-hydrogen) atoms. The van der Waals surface area contributed by atoms with Crippen LogP contribution in [0.15, 0.2) is 30.3 Å². The lowest BCUT2D eigenvalue weighted by molar-refractivity contribution is -0.117. The van der Waals surface area contributed by atoms with Crippen molar-refractivity contribution in [3.63, 3.8) is 0 Å². The summed E-state index contributed by atoms with van der Waals surface area (Å²) < 4.78 is 5.38. The number of hydrogen-bond acceptors (Lipinski definition) is 4. The van der Waals surface area contributed by atoms with Gasteiger partial charge in [0.2, 0.25) is 5.91 Å². The number of carbonyl (C=O) groups excluding carboxylic acids is 1. The van der Waals surface area contributed by atoms with Gasteiger partial charge in [0.1, 0.15) is 11.8 Å². The number of nitrogens with one attached hydrogen (secondary N) is 1. The first kappa shape index (κ1) is 19.8. The first-order valence-corrected chi connectivity index (χ1v) is 8.54. The summed E-state index contributed by atoms with van der Waals surface area (Å²) >= 11 is 5.99. The van der Waals surface area contributed by atoms with Crippen LogP contribution >= 0.6 is 11.6 Å². The third kappa shape index (κ3) is 4.98. The summed E-state index contributed by atoms with van der Waals surface area (Å²) in [5, 5.41) is 12.0. The molecule has 0 heterocycles. The summed E-state index contributed by atoms with van der Waals surface area (Å²) in [6.45, 7) is 4.91. The highest BCUT2D eigenvalue weighted by atomic mass is 35.5. The molecule has 2 rings (SSSR count). The molecule has 6 heteroatoms. The fourth-order valence-electron chi connectivity index (χ4n) is 2.95. The van der Waals surface area contributed by atoms with Gasteiger partial charge in [-0.2, -0.15) is 5.26 Å². The normalized spacial score (nSPS) is 10.5. The summed E-state index contributed by atoms with van der Waals surface area (Å²) in [5.41, 5.74) is 4.23. The molecule has 0 unspecified atom stereocenters. The Morgan fingerprint density at radius 3 is 2.46 bits per heavy atom. The van der Waals surface area contributed by atoms with Gasteiger partial charge < -0.3 is 10.1 Å². The summed E-state index contributed by atoms with van der Waals surface area (Å²) in [5.74, 6) is 0.752. The number of amides is 1. The fraction of sp³-hybridized carbons (Fsp3) is 0.300. The van der Waals surface area contributed by atoms with E-state index in [9.17, 15) is 4.79 Å². The second-order valence-corrected chi connectivity index (χ2v) is 6.70. The van der Waals surface area contributed by atoms with E-state index < -0.39 is 0 Å². The zero-order valence-corrected chi connectivity index (χ0v) is 16.1. The molecule has 5 nitrogen and oxygen atoms in total. The number of nitriles is 1. The molecule has 1 N–H and O–H groups in total. The van der Waals surface area contributed by atoms with E-state index in [0.717, 1.165) is 22.4 Å².